The first-order chi connectivity index (χ1) is 15.9. The predicted octanol–water partition coefficient (Wildman–Crippen LogP) is 5.86. The molecule has 2 saturated carbocycles. The zero-order valence-corrected chi connectivity index (χ0v) is 19.0. The minimum atomic E-state index is -1.08. The number of hydrogen-bond donors (Lipinski definition) is 0. The molecular weight excluding hydrogens is 412 g/mol. The Morgan fingerprint density at radius 2 is 1.67 bits per heavy atom. The van der Waals surface area contributed by atoms with E-state index in [1.807, 2.05) is 44.2 Å². The van der Waals surface area contributed by atoms with E-state index in [-0.39, 0.29) is 11.9 Å². The fourth-order valence-electron chi connectivity index (χ4n) is 5.39. The number of carbonyl (C=O) groups excluding carboxylic acids is 1. The van der Waals surface area contributed by atoms with Gasteiger partial charge in [-0.3, -0.25) is 4.79 Å². The molecule has 2 aromatic carbocycles. The van der Waals surface area contributed by atoms with Crippen LogP contribution in [-0.2, 0) is 14.9 Å². The molecule has 0 amide bonds. The highest BCUT2D eigenvalue weighted by molar-refractivity contribution is 5.92. The normalized spacial score (nSPS) is 22.8. The molecule has 0 spiro atoms. The van der Waals surface area contributed by atoms with E-state index >= 15 is 0 Å². The fraction of sp³-hybridized carbons (Fsp3) is 0.321. The molecular formula is C28H26N2O3. The third-order valence-corrected chi connectivity index (χ3v) is 7.24. The minimum absolute atomic E-state index is 0.169. The molecule has 3 aromatic rings. The van der Waals surface area contributed by atoms with Crippen LogP contribution in [0.15, 0.2) is 66.7 Å². The van der Waals surface area contributed by atoms with Gasteiger partial charge in [-0.15, -0.1) is 0 Å². The lowest BCUT2D eigenvalue weighted by molar-refractivity contribution is -0.145. The predicted molar refractivity (Wildman–Crippen MR) is 124 cm³/mol. The van der Waals surface area contributed by atoms with Gasteiger partial charge in [-0.05, 0) is 53.5 Å². The van der Waals surface area contributed by atoms with E-state index in [0.717, 1.165) is 5.56 Å². The summed E-state index contributed by atoms with van der Waals surface area (Å²) in [5.41, 5.74) is 1.58. The number of benzene rings is 2. The van der Waals surface area contributed by atoms with Gasteiger partial charge in [0.1, 0.15) is 17.2 Å². The van der Waals surface area contributed by atoms with Crippen molar-refractivity contribution in [2.24, 2.45) is 5.41 Å². The number of aromatic nitrogens is 1. The SMILES string of the molecule is COC(=O)C1(c2nc(Oc3ccccc3)ccc2C#N)C(c2ccc(C3CC3)cc2)C1(C)C. The first-order valence-corrected chi connectivity index (χ1v) is 11.3. The van der Waals surface area contributed by atoms with Gasteiger partial charge in [0.05, 0.1) is 18.4 Å². The van der Waals surface area contributed by atoms with Crippen LogP contribution in [0.5, 0.6) is 11.6 Å². The van der Waals surface area contributed by atoms with Crippen LogP contribution in [0, 0.1) is 16.7 Å². The maximum absolute atomic E-state index is 13.4. The molecule has 5 nitrogen and oxygen atoms in total. The molecule has 2 aliphatic rings. The van der Waals surface area contributed by atoms with Crippen LogP contribution < -0.4 is 4.74 Å². The molecule has 1 heterocycles. The highest BCUT2D eigenvalue weighted by Crippen LogP contribution is 2.75. The fourth-order valence-corrected chi connectivity index (χ4v) is 5.39. The van der Waals surface area contributed by atoms with Crippen molar-refractivity contribution in [2.45, 2.75) is 43.9 Å². The number of methoxy groups -OCH3 is 1. The van der Waals surface area contributed by atoms with Gasteiger partial charge in [0.2, 0.25) is 5.88 Å². The van der Waals surface area contributed by atoms with Crippen molar-refractivity contribution in [3.63, 3.8) is 0 Å². The molecule has 0 aliphatic heterocycles. The lowest BCUT2D eigenvalue weighted by Gasteiger charge is -2.19. The molecule has 0 saturated heterocycles. The van der Waals surface area contributed by atoms with Gasteiger partial charge in [-0.2, -0.15) is 5.26 Å². The van der Waals surface area contributed by atoms with Crippen molar-refractivity contribution < 1.29 is 14.3 Å². The number of hydrogen-bond acceptors (Lipinski definition) is 5. The number of rotatable bonds is 6. The second-order valence-electron chi connectivity index (χ2n) is 9.47. The number of pyridine rings is 1. The van der Waals surface area contributed by atoms with Gasteiger partial charge in [0, 0.05) is 12.0 Å². The first-order valence-electron chi connectivity index (χ1n) is 11.3. The molecule has 1 aromatic heterocycles. The highest BCUT2D eigenvalue weighted by atomic mass is 16.5. The Kier molecular flexibility index (Phi) is 4.97. The van der Waals surface area contributed by atoms with E-state index in [0.29, 0.717) is 28.8 Å². The van der Waals surface area contributed by atoms with E-state index in [1.54, 1.807) is 12.1 Å². The topological polar surface area (TPSA) is 72.2 Å². The number of nitriles is 1. The molecule has 166 valence electrons. The standard InChI is InChI=1S/C28H26N2O3/c1-27(2)24(20-13-11-19(12-14-20)18-9-10-18)28(27,26(31)32-3)25-21(17-29)15-16-23(30-25)33-22-7-5-4-6-8-22/h4-8,11-16,18,24H,9-10H2,1-3H3. The van der Waals surface area contributed by atoms with Gasteiger partial charge in [0.25, 0.3) is 0 Å². The Hall–Kier alpha value is -3.65. The summed E-state index contributed by atoms with van der Waals surface area (Å²) < 4.78 is 11.3. The van der Waals surface area contributed by atoms with Crippen LogP contribution in [0.2, 0.25) is 0 Å². The van der Waals surface area contributed by atoms with Crippen LogP contribution in [-0.4, -0.2) is 18.1 Å². The van der Waals surface area contributed by atoms with E-state index < -0.39 is 10.8 Å². The second-order valence-corrected chi connectivity index (χ2v) is 9.47. The Morgan fingerprint density at radius 1 is 1.00 bits per heavy atom. The van der Waals surface area contributed by atoms with E-state index in [9.17, 15) is 10.1 Å². The van der Waals surface area contributed by atoms with Crippen LogP contribution in [0.1, 0.15) is 60.9 Å². The van der Waals surface area contributed by atoms with Crippen molar-refractivity contribution in [3.05, 3.63) is 89.1 Å². The van der Waals surface area contributed by atoms with E-state index in [2.05, 4.69) is 30.3 Å². The Bertz CT molecular complexity index is 1240. The van der Waals surface area contributed by atoms with Crippen LogP contribution in [0.25, 0.3) is 0 Å². The maximum atomic E-state index is 13.4. The zero-order valence-electron chi connectivity index (χ0n) is 19.0. The monoisotopic (exact) mass is 438 g/mol. The summed E-state index contributed by atoms with van der Waals surface area (Å²) in [6.45, 7) is 4.08. The van der Waals surface area contributed by atoms with E-state index in [4.69, 9.17) is 14.5 Å². The van der Waals surface area contributed by atoms with Gasteiger partial charge in [-0.1, -0.05) is 56.3 Å². The molecule has 5 rings (SSSR count). The average molecular weight is 439 g/mol. The van der Waals surface area contributed by atoms with Crippen LogP contribution >= 0.6 is 0 Å². The summed E-state index contributed by atoms with van der Waals surface area (Å²) in [7, 11) is 1.39. The van der Waals surface area contributed by atoms with Crippen molar-refractivity contribution in [1.29, 1.82) is 5.26 Å². The summed E-state index contributed by atoms with van der Waals surface area (Å²) in [5, 5.41) is 9.89. The molecule has 2 aliphatic carbocycles. The summed E-state index contributed by atoms with van der Waals surface area (Å²) in [5.74, 6) is 1.08. The number of carbonyl (C=O) groups is 1. The third-order valence-electron chi connectivity index (χ3n) is 7.24. The molecule has 2 unspecified atom stereocenters. The first kappa shape index (κ1) is 21.2. The Labute approximate surface area is 194 Å². The summed E-state index contributed by atoms with van der Waals surface area (Å²) >= 11 is 0. The van der Waals surface area contributed by atoms with Crippen LogP contribution in [0.4, 0.5) is 0 Å². The summed E-state index contributed by atoms with van der Waals surface area (Å²) in [4.78, 5) is 18.1. The average Bonchev–Trinajstić information content (AvgIpc) is 3.75. The molecule has 2 fully saturated rings. The Morgan fingerprint density at radius 3 is 2.27 bits per heavy atom. The summed E-state index contributed by atoms with van der Waals surface area (Å²) in [6, 6.07) is 23.4. The van der Waals surface area contributed by atoms with Crippen molar-refractivity contribution in [3.8, 4) is 17.7 Å². The molecule has 0 bridgehead atoms. The van der Waals surface area contributed by atoms with E-state index in [1.165, 1.54) is 25.5 Å². The molecule has 33 heavy (non-hydrogen) atoms. The lowest BCUT2D eigenvalue weighted by atomic mass is 9.88. The Balaban J connectivity index is 1.61. The lowest BCUT2D eigenvalue weighted by Crippen LogP contribution is -2.30. The highest BCUT2D eigenvalue weighted by Gasteiger charge is 2.79. The maximum Gasteiger partial charge on any atom is 0.319 e. The largest absolute Gasteiger partial charge is 0.468 e. The van der Waals surface area contributed by atoms with Crippen LogP contribution in [0.3, 0.4) is 0 Å². The number of ether oxygens (including phenoxy) is 2. The van der Waals surface area contributed by atoms with Crippen molar-refractivity contribution >= 4 is 5.97 Å². The molecule has 5 heteroatoms. The third kappa shape index (κ3) is 3.29. The van der Waals surface area contributed by atoms with Gasteiger partial charge in [0.15, 0.2) is 0 Å². The molecule has 0 N–H and O–H groups in total. The second kappa shape index (κ2) is 7.74. The van der Waals surface area contributed by atoms with Crippen molar-refractivity contribution in [1.82, 2.24) is 4.98 Å². The zero-order chi connectivity index (χ0) is 23.2. The summed E-state index contributed by atoms with van der Waals surface area (Å²) in [6.07, 6.45) is 2.48. The number of para-hydroxylation sites is 1. The van der Waals surface area contributed by atoms with Crippen molar-refractivity contribution in [2.75, 3.05) is 7.11 Å². The molecule has 2 atom stereocenters. The quantitative estimate of drug-likeness (QED) is 0.451. The van der Waals surface area contributed by atoms with Gasteiger partial charge < -0.3 is 9.47 Å². The molecule has 0 radical (unpaired) electrons. The van der Waals surface area contributed by atoms with Gasteiger partial charge >= 0.3 is 5.97 Å². The number of nitrogens with zero attached hydrogens (tertiary/aromatic N) is 2. The van der Waals surface area contributed by atoms with Gasteiger partial charge in [-0.25, -0.2) is 4.98 Å². The minimum Gasteiger partial charge on any atom is -0.468 e. The number of esters is 1. The smallest absolute Gasteiger partial charge is 0.319 e.